The largest absolute Gasteiger partial charge is 0.484 e. The van der Waals surface area contributed by atoms with Crippen molar-refractivity contribution in [3.8, 4) is 5.75 Å². The van der Waals surface area contributed by atoms with Crippen LogP contribution in [0.3, 0.4) is 0 Å². The monoisotopic (exact) mass is 670 g/mol. The van der Waals surface area contributed by atoms with E-state index in [1.807, 2.05) is 0 Å². The fourth-order valence-corrected chi connectivity index (χ4v) is 10.7. The Bertz CT molecular complexity index is 3450. The quantitative estimate of drug-likeness (QED) is 0.183. The molecular weight excluding hydrogens is 637 g/mol. The highest BCUT2D eigenvalue weighted by Gasteiger charge is 2.36. The van der Waals surface area contributed by atoms with Crippen molar-refractivity contribution in [1.82, 2.24) is 8.80 Å². The predicted octanol–water partition coefficient (Wildman–Crippen LogP) is 13.1. The molecule has 0 N–H and O–H groups in total. The van der Waals surface area contributed by atoms with Gasteiger partial charge in [-0.25, -0.2) is 0 Å². The molecule has 2 atom stereocenters. The Morgan fingerprint density at radius 1 is 0.519 bits per heavy atom. The summed E-state index contributed by atoms with van der Waals surface area (Å²) in [6.07, 6.45) is 8.83. The molecule has 6 aromatic carbocycles. The lowest BCUT2D eigenvalue weighted by atomic mass is 9.87. The van der Waals surface area contributed by atoms with E-state index in [2.05, 4.69) is 146 Å². The van der Waals surface area contributed by atoms with E-state index in [4.69, 9.17) is 9.15 Å². The first-order chi connectivity index (χ1) is 25.5. The molecule has 0 spiro atoms. The summed E-state index contributed by atoms with van der Waals surface area (Å²) in [6.45, 7) is 9.52. The van der Waals surface area contributed by atoms with Crippen molar-refractivity contribution < 1.29 is 9.15 Å². The van der Waals surface area contributed by atoms with Crippen LogP contribution in [0.1, 0.15) is 62.1 Å². The van der Waals surface area contributed by atoms with Crippen molar-refractivity contribution in [1.29, 1.82) is 0 Å². The van der Waals surface area contributed by atoms with Gasteiger partial charge in [0.2, 0.25) is 0 Å². The molecule has 0 radical (unpaired) electrons. The molecule has 11 aromatic rings. The number of benzene rings is 6. The fourth-order valence-electron chi connectivity index (χ4n) is 10.7. The topological polar surface area (TPSA) is 31.2 Å². The SMILES string of the molecule is CC(C)c1c2c3cccc4c5c6oc7ccccc7c6ccc5n(c2c(C(C)C)c2c5cccc6c7c8c(ccc7n(c12)c65)C1C=CC=CC1O8)c34. The van der Waals surface area contributed by atoms with Crippen LogP contribution in [-0.4, -0.2) is 14.9 Å². The van der Waals surface area contributed by atoms with E-state index < -0.39 is 0 Å². The smallest absolute Gasteiger partial charge is 0.145 e. The number of hydrogen-bond donors (Lipinski definition) is 0. The second kappa shape index (κ2) is 9.07. The molecular formula is C48H34N2O2. The fraction of sp³-hybridized carbons (Fsp3) is 0.167. The summed E-state index contributed by atoms with van der Waals surface area (Å²) >= 11 is 0. The average Bonchev–Trinajstić information content (AvgIpc) is 3.99. The third-order valence-corrected chi connectivity index (χ3v) is 12.6. The Hall–Kier alpha value is -6.00. The Morgan fingerprint density at radius 3 is 1.79 bits per heavy atom. The number of nitrogens with zero attached hydrogens (tertiary/aromatic N) is 2. The van der Waals surface area contributed by atoms with E-state index in [-0.39, 0.29) is 23.9 Å². The highest BCUT2D eigenvalue weighted by Crippen LogP contribution is 2.55. The molecule has 1 aliphatic carbocycles. The number of rotatable bonds is 2. The third-order valence-electron chi connectivity index (χ3n) is 12.6. The van der Waals surface area contributed by atoms with Gasteiger partial charge in [-0.15, -0.1) is 0 Å². The van der Waals surface area contributed by atoms with Crippen LogP contribution < -0.4 is 4.74 Å². The van der Waals surface area contributed by atoms with Crippen molar-refractivity contribution in [3.63, 3.8) is 0 Å². The zero-order valence-electron chi connectivity index (χ0n) is 29.4. The molecule has 0 bridgehead atoms. The Labute approximate surface area is 298 Å². The zero-order chi connectivity index (χ0) is 34.3. The minimum Gasteiger partial charge on any atom is -0.484 e. The van der Waals surface area contributed by atoms with Crippen molar-refractivity contribution in [2.24, 2.45) is 0 Å². The number of ether oxygens (including phenoxy) is 1. The molecule has 5 aromatic heterocycles. The molecule has 0 amide bonds. The molecule has 0 saturated heterocycles. The van der Waals surface area contributed by atoms with E-state index in [1.54, 1.807) is 0 Å². The molecule has 6 heterocycles. The summed E-state index contributed by atoms with van der Waals surface area (Å²) in [4.78, 5) is 0. The number of para-hydroxylation sites is 3. The second-order valence-corrected chi connectivity index (χ2v) is 15.8. The summed E-state index contributed by atoms with van der Waals surface area (Å²) in [7, 11) is 0. The third kappa shape index (κ3) is 2.95. The molecule has 2 unspecified atom stereocenters. The number of aromatic nitrogens is 2. The van der Waals surface area contributed by atoms with Crippen molar-refractivity contribution in [2.45, 2.75) is 51.6 Å². The van der Waals surface area contributed by atoms with E-state index in [0.29, 0.717) is 0 Å². The predicted molar refractivity (Wildman–Crippen MR) is 217 cm³/mol. The minimum absolute atomic E-state index is 0.0512. The summed E-state index contributed by atoms with van der Waals surface area (Å²) < 4.78 is 18.7. The lowest BCUT2D eigenvalue weighted by molar-refractivity contribution is 0.271. The van der Waals surface area contributed by atoms with E-state index in [9.17, 15) is 0 Å². The first-order valence-corrected chi connectivity index (χ1v) is 18.8. The van der Waals surface area contributed by atoms with Gasteiger partial charge in [-0.1, -0.05) is 107 Å². The van der Waals surface area contributed by atoms with Crippen LogP contribution in [0.15, 0.2) is 114 Å². The van der Waals surface area contributed by atoms with Gasteiger partial charge in [0.05, 0.1) is 43.9 Å². The number of hydrogen-bond acceptors (Lipinski definition) is 2. The van der Waals surface area contributed by atoms with Gasteiger partial charge in [0.1, 0.15) is 23.0 Å². The Kier molecular flexibility index (Phi) is 4.83. The van der Waals surface area contributed by atoms with Crippen LogP contribution in [0.25, 0.3) is 98.1 Å². The molecule has 2 aliphatic rings. The molecule has 0 saturated carbocycles. The van der Waals surface area contributed by atoms with E-state index in [0.717, 1.165) is 16.9 Å². The van der Waals surface area contributed by atoms with Crippen molar-refractivity contribution >= 4 is 98.1 Å². The summed E-state index contributed by atoms with van der Waals surface area (Å²) in [5.74, 6) is 1.87. The van der Waals surface area contributed by atoms with Gasteiger partial charge >= 0.3 is 0 Å². The van der Waals surface area contributed by atoms with E-state index >= 15 is 0 Å². The molecule has 248 valence electrons. The number of allylic oxidation sites excluding steroid dienone is 2. The van der Waals surface area contributed by atoms with E-state index in [1.165, 1.54) is 104 Å². The average molecular weight is 671 g/mol. The highest BCUT2D eigenvalue weighted by atomic mass is 16.5. The summed E-state index contributed by atoms with van der Waals surface area (Å²) in [5, 5.41) is 12.7. The maximum absolute atomic E-state index is 6.81. The van der Waals surface area contributed by atoms with Crippen LogP contribution in [0.4, 0.5) is 0 Å². The van der Waals surface area contributed by atoms with Crippen molar-refractivity contribution in [2.75, 3.05) is 0 Å². The van der Waals surface area contributed by atoms with Gasteiger partial charge in [-0.05, 0) is 53.3 Å². The standard InChI is InChI=1S/C48H34N2O2/c1-23(2)37-41-31-15-9-13-29-40-34(22-20-28-26-12-6-8-18-36(26)52-48(28)40)50(43(29)31)46(41)38(24(3)4)42-32-16-10-14-30-39-33(49(44(30)32)45(37)42)21-19-27-25-11-5-7-17-35(25)51-47(27)39/h5-25,35H,1-4H3. The van der Waals surface area contributed by atoms with Gasteiger partial charge in [-0.2, -0.15) is 0 Å². The van der Waals surface area contributed by atoms with Gasteiger partial charge in [-0.3, -0.25) is 0 Å². The molecule has 0 fully saturated rings. The molecule has 52 heavy (non-hydrogen) atoms. The molecule has 1 aliphatic heterocycles. The van der Waals surface area contributed by atoms with Crippen LogP contribution >= 0.6 is 0 Å². The van der Waals surface area contributed by atoms with Crippen LogP contribution in [-0.2, 0) is 0 Å². The van der Waals surface area contributed by atoms with Gasteiger partial charge < -0.3 is 18.0 Å². The summed E-state index contributed by atoms with van der Waals surface area (Å²) in [6, 6.07) is 31.6. The minimum atomic E-state index is 0.0512. The van der Waals surface area contributed by atoms with Crippen LogP contribution in [0, 0.1) is 0 Å². The Morgan fingerprint density at radius 2 is 1.10 bits per heavy atom. The number of furan rings is 1. The molecule has 4 nitrogen and oxygen atoms in total. The van der Waals surface area contributed by atoms with Gasteiger partial charge in [0.25, 0.3) is 0 Å². The molecule has 4 heteroatoms. The maximum atomic E-state index is 6.81. The lowest BCUT2D eigenvalue weighted by Gasteiger charge is -2.19. The second-order valence-electron chi connectivity index (χ2n) is 15.8. The lowest BCUT2D eigenvalue weighted by Crippen LogP contribution is -2.15. The van der Waals surface area contributed by atoms with Crippen molar-refractivity contribution in [3.05, 3.63) is 126 Å². The zero-order valence-corrected chi connectivity index (χ0v) is 29.4. The summed E-state index contributed by atoms with van der Waals surface area (Å²) in [5.41, 5.74) is 13.8. The Balaban J connectivity index is 1.28. The molecule has 13 rings (SSSR count). The maximum Gasteiger partial charge on any atom is 0.145 e. The van der Waals surface area contributed by atoms with Gasteiger partial charge in [0, 0.05) is 54.6 Å². The number of fused-ring (bicyclic) bond motifs is 20. The van der Waals surface area contributed by atoms with Crippen LogP contribution in [0.2, 0.25) is 0 Å². The van der Waals surface area contributed by atoms with Crippen LogP contribution in [0.5, 0.6) is 5.75 Å². The normalized spacial score (nSPS) is 17.6. The first kappa shape index (κ1) is 27.7. The van der Waals surface area contributed by atoms with Gasteiger partial charge in [0.15, 0.2) is 0 Å². The first-order valence-electron chi connectivity index (χ1n) is 18.8. The highest BCUT2D eigenvalue weighted by molar-refractivity contribution is 6.34.